The van der Waals surface area contributed by atoms with Gasteiger partial charge in [0.25, 0.3) is 0 Å². The van der Waals surface area contributed by atoms with Crippen molar-refractivity contribution >= 4 is 17.3 Å². The van der Waals surface area contributed by atoms with Crippen LogP contribution in [0, 0.1) is 12.3 Å². The summed E-state index contributed by atoms with van der Waals surface area (Å²) < 4.78 is 21.4. The van der Waals surface area contributed by atoms with E-state index in [1.807, 2.05) is 43.3 Å². The van der Waals surface area contributed by atoms with Gasteiger partial charge in [0.15, 0.2) is 4.90 Å². The van der Waals surface area contributed by atoms with Crippen molar-refractivity contribution in [2.24, 2.45) is 5.41 Å². The van der Waals surface area contributed by atoms with Crippen molar-refractivity contribution in [3.63, 3.8) is 0 Å². The molecule has 5 heteroatoms. The highest BCUT2D eigenvalue weighted by atomic mass is 32.2. The second kappa shape index (κ2) is 10.1. The molecule has 0 spiro atoms. The van der Waals surface area contributed by atoms with Crippen molar-refractivity contribution < 1.29 is 14.1 Å². The van der Waals surface area contributed by atoms with Gasteiger partial charge in [-0.1, -0.05) is 63.9 Å². The standard InChI is InChI=1S/C23H31NO3S/c1-6-7-16-27-22(25)19-12-10-18(11-13-19)21(23(3,4)5)24-28(26)20-14-8-17(2)9-15-20/h8-15,21,24H,6-7,16H2,1-5H3/t21-,28-/m0/s1. The van der Waals surface area contributed by atoms with Crippen LogP contribution in [0.3, 0.4) is 0 Å². The van der Waals surface area contributed by atoms with E-state index < -0.39 is 11.4 Å². The fourth-order valence-electron chi connectivity index (χ4n) is 2.79. The first-order chi connectivity index (χ1) is 13.2. The van der Waals surface area contributed by atoms with Gasteiger partial charge in [0, 0.05) is 0 Å². The molecule has 1 N–H and O–H groups in total. The van der Waals surface area contributed by atoms with Gasteiger partial charge in [-0.05, 0) is 48.6 Å². The molecule has 0 unspecified atom stereocenters. The summed E-state index contributed by atoms with van der Waals surface area (Å²) in [5.41, 5.74) is 2.49. The number of hydrogen-bond donors (Lipinski definition) is 1. The Hall–Kier alpha value is -1.82. The van der Waals surface area contributed by atoms with Crippen LogP contribution in [0.1, 0.15) is 68.1 Å². The topological polar surface area (TPSA) is 61.4 Å². The summed E-state index contributed by atoms with van der Waals surface area (Å²) in [6.07, 6.45) is 1.86. The maximum absolute atomic E-state index is 12.8. The Labute approximate surface area is 172 Å². The Balaban J connectivity index is 2.14. The van der Waals surface area contributed by atoms with Crippen molar-refractivity contribution in [2.45, 2.75) is 58.4 Å². The van der Waals surface area contributed by atoms with Crippen molar-refractivity contribution in [3.05, 3.63) is 65.2 Å². The van der Waals surface area contributed by atoms with Gasteiger partial charge in [0.05, 0.1) is 29.6 Å². The van der Waals surface area contributed by atoms with Crippen LogP contribution in [-0.2, 0) is 16.1 Å². The number of carbonyl (C=O) groups excluding carboxylic acids is 1. The zero-order valence-corrected chi connectivity index (χ0v) is 18.3. The molecular weight excluding hydrogens is 370 g/mol. The second-order valence-corrected chi connectivity index (χ2v) is 9.35. The number of esters is 1. The second-order valence-electron chi connectivity index (χ2n) is 8.11. The van der Waals surface area contributed by atoms with Gasteiger partial charge >= 0.3 is 5.97 Å². The highest BCUT2D eigenvalue weighted by Gasteiger charge is 2.31. The minimum absolute atomic E-state index is 0.139. The molecule has 0 saturated heterocycles. The molecule has 4 nitrogen and oxygen atoms in total. The van der Waals surface area contributed by atoms with Crippen LogP contribution in [0.15, 0.2) is 53.4 Å². The molecule has 0 amide bonds. The lowest BCUT2D eigenvalue weighted by atomic mass is 9.83. The third kappa shape index (κ3) is 6.36. The zero-order valence-electron chi connectivity index (χ0n) is 17.5. The largest absolute Gasteiger partial charge is 0.593 e. The van der Waals surface area contributed by atoms with E-state index in [9.17, 15) is 9.35 Å². The number of ether oxygens (including phenoxy) is 1. The van der Waals surface area contributed by atoms with Crippen LogP contribution < -0.4 is 4.72 Å². The first-order valence-corrected chi connectivity index (χ1v) is 10.9. The van der Waals surface area contributed by atoms with Crippen molar-refractivity contribution in [1.29, 1.82) is 0 Å². The van der Waals surface area contributed by atoms with Gasteiger partial charge in [-0.15, -0.1) is 4.72 Å². The number of nitrogens with one attached hydrogen (secondary N) is 1. The molecule has 2 rings (SSSR count). The minimum Gasteiger partial charge on any atom is -0.593 e. The van der Waals surface area contributed by atoms with E-state index in [2.05, 4.69) is 32.4 Å². The molecule has 2 aromatic rings. The van der Waals surface area contributed by atoms with E-state index in [4.69, 9.17) is 4.74 Å². The first kappa shape index (κ1) is 22.5. The number of hydrogen-bond acceptors (Lipinski definition) is 4. The molecule has 2 aromatic carbocycles. The number of aryl methyl sites for hydroxylation is 1. The molecule has 0 bridgehead atoms. The maximum atomic E-state index is 12.8. The lowest BCUT2D eigenvalue weighted by molar-refractivity contribution is 0.0499. The Bertz CT molecular complexity index is 751. The normalized spacial score (nSPS) is 13.8. The number of unbranched alkanes of at least 4 members (excludes halogenated alkanes) is 1. The Morgan fingerprint density at radius 1 is 1.11 bits per heavy atom. The maximum Gasteiger partial charge on any atom is 0.338 e. The quantitative estimate of drug-likeness (QED) is 0.368. The first-order valence-electron chi connectivity index (χ1n) is 9.74. The van der Waals surface area contributed by atoms with Crippen molar-refractivity contribution in [1.82, 2.24) is 4.72 Å². The van der Waals surface area contributed by atoms with Gasteiger partial charge in [-0.2, -0.15) is 0 Å². The van der Waals surface area contributed by atoms with E-state index in [-0.39, 0.29) is 17.4 Å². The lowest BCUT2D eigenvalue weighted by Crippen LogP contribution is -2.36. The average molecular weight is 402 g/mol. The lowest BCUT2D eigenvalue weighted by Gasteiger charge is -2.31. The van der Waals surface area contributed by atoms with E-state index in [0.717, 1.165) is 28.9 Å². The molecule has 0 aliphatic rings. The number of rotatable bonds is 8. The molecule has 0 heterocycles. The van der Waals surface area contributed by atoms with Crippen LogP contribution in [-0.4, -0.2) is 17.1 Å². The van der Waals surface area contributed by atoms with Crippen molar-refractivity contribution in [3.8, 4) is 0 Å². The number of benzene rings is 2. The van der Waals surface area contributed by atoms with Crippen LogP contribution in [0.2, 0.25) is 0 Å². The molecule has 0 radical (unpaired) electrons. The summed E-state index contributed by atoms with van der Waals surface area (Å²) in [6, 6.07) is 14.9. The predicted octanol–water partition coefficient (Wildman–Crippen LogP) is 5.35. The summed E-state index contributed by atoms with van der Waals surface area (Å²) in [4.78, 5) is 12.8. The molecule has 0 aliphatic carbocycles. The molecule has 0 aliphatic heterocycles. The average Bonchev–Trinajstić information content (AvgIpc) is 2.66. The Kier molecular flexibility index (Phi) is 8.10. The monoisotopic (exact) mass is 401 g/mol. The van der Waals surface area contributed by atoms with Gasteiger partial charge in [0.2, 0.25) is 0 Å². The van der Waals surface area contributed by atoms with Gasteiger partial charge in [0.1, 0.15) is 0 Å². The number of carbonyl (C=O) groups is 1. The van der Waals surface area contributed by atoms with Crippen LogP contribution in [0.5, 0.6) is 0 Å². The molecule has 28 heavy (non-hydrogen) atoms. The van der Waals surface area contributed by atoms with Gasteiger partial charge in [-0.25, -0.2) is 4.79 Å². The molecule has 0 saturated carbocycles. The van der Waals surface area contributed by atoms with Crippen LogP contribution in [0.4, 0.5) is 0 Å². The molecule has 2 atom stereocenters. The highest BCUT2D eigenvalue weighted by molar-refractivity contribution is 7.89. The van der Waals surface area contributed by atoms with Crippen LogP contribution >= 0.6 is 0 Å². The SMILES string of the molecule is CCCCOC(=O)c1ccc([C@H](N[S@@+]([O-])c2ccc(C)cc2)C(C)(C)C)cc1. The zero-order chi connectivity index (χ0) is 20.7. The summed E-state index contributed by atoms with van der Waals surface area (Å²) in [5, 5.41) is 0. The summed E-state index contributed by atoms with van der Waals surface area (Å²) in [7, 11) is 0. The highest BCUT2D eigenvalue weighted by Crippen LogP contribution is 2.34. The molecule has 152 valence electrons. The molecular formula is C23H31NO3S. The smallest absolute Gasteiger partial charge is 0.338 e. The van der Waals surface area contributed by atoms with E-state index in [0.29, 0.717) is 12.2 Å². The minimum atomic E-state index is -1.33. The third-order valence-corrected chi connectivity index (χ3v) is 5.69. The predicted molar refractivity (Wildman–Crippen MR) is 115 cm³/mol. The van der Waals surface area contributed by atoms with Crippen LogP contribution in [0.25, 0.3) is 0 Å². The Morgan fingerprint density at radius 2 is 1.71 bits per heavy atom. The summed E-state index contributed by atoms with van der Waals surface area (Å²) in [5.74, 6) is -0.302. The Morgan fingerprint density at radius 3 is 2.25 bits per heavy atom. The summed E-state index contributed by atoms with van der Waals surface area (Å²) in [6.45, 7) is 10.8. The molecule has 0 aromatic heterocycles. The van der Waals surface area contributed by atoms with Crippen molar-refractivity contribution in [2.75, 3.05) is 6.61 Å². The fourth-order valence-corrected chi connectivity index (χ4v) is 4.01. The van der Waals surface area contributed by atoms with E-state index >= 15 is 0 Å². The van der Waals surface area contributed by atoms with E-state index in [1.165, 1.54) is 0 Å². The van der Waals surface area contributed by atoms with Gasteiger partial charge < -0.3 is 9.29 Å². The van der Waals surface area contributed by atoms with Gasteiger partial charge in [-0.3, -0.25) is 0 Å². The third-order valence-electron chi connectivity index (χ3n) is 4.54. The van der Waals surface area contributed by atoms with E-state index in [1.54, 1.807) is 12.1 Å². The molecule has 0 fully saturated rings. The fraction of sp³-hybridized carbons (Fsp3) is 0.435. The summed E-state index contributed by atoms with van der Waals surface area (Å²) >= 11 is -1.33.